The van der Waals surface area contributed by atoms with E-state index in [1.807, 2.05) is 6.08 Å². The molecule has 0 radical (unpaired) electrons. The van der Waals surface area contributed by atoms with E-state index in [1.54, 1.807) is 6.08 Å². The van der Waals surface area contributed by atoms with E-state index in [0.29, 0.717) is 0 Å². The molecule has 0 fully saturated rings. The van der Waals surface area contributed by atoms with E-state index < -0.39 is 0 Å². The maximum Gasteiger partial charge on any atom is -0.00928 e. The molecule has 0 heterocycles. The zero-order chi connectivity index (χ0) is 29.1. The number of hydrogen-bond acceptors (Lipinski definition) is 0. The largest absolute Gasteiger partial charge is 0.0991 e. The van der Waals surface area contributed by atoms with E-state index in [0.717, 1.165) is 11.1 Å². The van der Waals surface area contributed by atoms with Crippen LogP contribution in [0.15, 0.2) is 146 Å². The molecule has 0 aliphatic rings. The van der Waals surface area contributed by atoms with Gasteiger partial charge in [0.2, 0.25) is 0 Å². The molecule has 0 aliphatic carbocycles. The maximum atomic E-state index is 4.24. The van der Waals surface area contributed by atoms with Crippen LogP contribution in [0.4, 0.5) is 0 Å². The lowest BCUT2D eigenvalue weighted by Gasteiger charge is -2.12. The lowest BCUT2D eigenvalue weighted by molar-refractivity contribution is 1.31. The number of benzene rings is 6. The van der Waals surface area contributed by atoms with Crippen molar-refractivity contribution in [2.75, 3.05) is 0 Å². The molecule has 0 saturated carbocycles. The molecule has 0 bridgehead atoms. The van der Waals surface area contributed by atoms with Gasteiger partial charge < -0.3 is 0 Å². The molecule has 0 nitrogen and oxygen atoms in total. The van der Waals surface area contributed by atoms with Crippen molar-refractivity contribution in [1.82, 2.24) is 0 Å². The third kappa shape index (κ3) is 5.28. The molecule has 0 unspecified atom stereocenters. The molecule has 0 heteroatoms. The Morgan fingerprint density at radius 1 is 0.524 bits per heavy atom. The summed E-state index contributed by atoms with van der Waals surface area (Å²) in [7, 11) is 0. The van der Waals surface area contributed by atoms with Crippen LogP contribution in [0.2, 0.25) is 0 Å². The highest BCUT2D eigenvalue weighted by molar-refractivity contribution is 6.25. The Labute approximate surface area is 249 Å². The van der Waals surface area contributed by atoms with Crippen molar-refractivity contribution < 1.29 is 0 Å². The minimum absolute atomic E-state index is 0.959. The van der Waals surface area contributed by atoms with Crippen LogP contribution in [0.5, 0.6) is 0 Å². The zero-order valence-corrected chi connectivity index (χ0v) is 24.3. The second kappa shape index (κ2) is 11.7. The summed E-state index contributed by atoms with van der Waals surface area (Å²) in [6.07, 6.45) is 14.3. The third-order valence-corrected chi connectivity index (χ3v) is 8.24. The van der Waals surface area contributed by atoms with E-state index in [1.165, 1.54) is 65.7 Å². The number of allylic oxidation sites excluding steroid dienone is 5. The summed E-state index contributed by atoms with van der Waals surface area (Å²) in [6, 6.07) is 37.4. The van der Waals surface area contributed by atoms with Crippen LogP contribution in [-0.4, -0.2) is 0 Å². The van der Waals surface area contributed by atoms with E-state index in [2.05, 4.69) is 161 Å². The van der Waals surface area contributed by atoms with Gasteiger partial charge in [0, 0.05) is 0 Å². The molecule has 6 rings (SSSR count). The van der Waals surface area contributed by atoms with Crippen molar-refractivity contribution >= 4 is 50.5 Å². The first-order chi connectivity index (χ1) is 20.5. The Kier molecular flexibility index (Phi) is 7.54. The van der Waals surface area contributed by atoms with Crippen molar-refractivity contribution in [1.29, 1.82) is 0 Å². The topological polar surface area (TPSA) is 0 Å². The van der Waals surface area contributed by atoms with Crippen molar-refractivity contribution in [3.8, 4) is 11.1 Å². The van der Waals surface area contributed by atoms with Crippen LogP contribution in [0, 0.1) is 13.8 Å². The Morgan fingerprint density at radius 2 is 1.02 bits per heavy atom. The molecule has 0 aliphatic heterocycles. The van der Waals surface area contributed by atoms with E-state index >= 15 is 0 Å². The summed E-state index contributed by atoms with van der Waals surface area (Å²) in [6.45, 7) is 12.3. The van der Waals surface area contributed by atoms with Crippen LogP contribution >= 0.6 is 0 Å². The Morgan fingerprint density at radius 3 is 1.62 bits per heavy atom. The summed E-state index contributed by atoms with van der Waals surface area (Å²) in [5.74, 6) is 0. The lowest BCUT2D eigenvalue weighted by atomic mass is 9.92. The van der Waals surface area contributed by atoms with Gasteiger partial charge in [0.25, 0.3) is 0 Å². The molecule has 6 aromatic carbocycles. The van der Waals surface area contributed by atoms with Gasteiger partial charge in [-0.25, -0.2) is 0 Å². The van der Waals surface area contributed by atoms with Gasteiger partial charge in [0.05, 0.1) is 0 Å². The van der Waals surface area contributed by atoms with Crippen molar-refractivity contribution in [3.63, 3.8) is 0 Å². The van der Waals surface area contributed by atoms with E-state index in [-0.39, 0.29) is 0 Å². The predicted octanol–water partition coefficient (Wildman–Crippen LogP) is 11.9. The number of fused-ring (bicyclic) bond motifs is 6. The summed E-state index contributed by atoms with van der Waals surface area (Å²) in [5, 5.41) is 7.80. The number of rotatable bonds is 7. The highest BCUT2D eigenvalue weighted by Crippen LogP contribution is 2.37. The Hall–Kier alpha value is -5.20. The zero-order valence-electron chi connectivity index (χ0n) is 24.3. The van der Waals surface area contributed by atoms with Gasteiger partial charge in [0.15, 0.2) is 0 Å². The first-order valence-electron chi connectivity index (χ1n) is 14.4. The van der Waals surface area contributed by atoms with Gasteiger partial charge in [-0.05, 0) is 96.7 Å². The average molecular weight is 539 g/mol. The predicted molar refractivity (Wildman–Crippen MR) is 187 cm³/mol. The Bertz CT molecular complexity index is 2030. The molecule has 0 spiro atoms. The monoisotopic (exact) mass is 538 g/mol. The fourth-order valence-corrected chi connectivity index (χ4v) is 5.72. The first-order valence-corrected chi connectivity index (χ1v) is 14.4. The third-order valence-electron chi connectivity index (χ3n) is 8.24. The molecule has 6 aromatic rings. The minimum Gasteiger partial charge on any atom is -0.0991 e. The molecule has 202 valence electrons. The maximum absolute atomic E-state index is 4.24. The Balaban J connectivity index is 1.22. The molecule has 0 saturated heterocycles. The summed E-state index contributed by atoms with van der Waals surface area (Å²) in [4.78, 5) is 0. The van der Waals surface area contributed by atoms with Gasteiger partial charge in [0.1, 0.15) is 0 Å². The van der Waals surface area contributed by atoms with Crippen molar-refractivity contribution in [3.05, 3.63) is 174 Å². The second-order valence-corrected chi connectivity index (χ2v) is 10.8. The van der Waals surface area contributed by atoms with Crippen molar-refractivity contribution in [2.45, 2.75) is 13.8 Å². The average Bonchev–Trinajstić information content (AvgIpc) is 3.04. The molecule has 0 atom stereocenters. The second-order valence-electron chi connectivity index (χ2n) is 10.8. The van der Waals surface area contributed by atoms with Crippen LogP contribution in [0.1, 0.15) is 27.8 Å². The summed E-state index contributed by atoms with van der Waals surface area (Å²) < 4.78 is 0. The van der Waals surface area contributed by atoms with Gasteiger partial charge >= 0.3 is 0 Å². The molecule has 0 aromatic heterocycles. The standard InChI is InChI=1S/C42H34/c1-5-6-11-33-24-25-34(31(4)30(33)3)21-17-29(2)16-18-32-19-22-35(23-20-32)36-26-27-41-39-14-8-7-12-37(39)38-13-9-10-15-40(38)42(41)28-36/h5-28H,1-2H2,3-4H3/b11-6-,18-16+,21-17-. The van der Waals surface area contributed by atoms with Gasteiger partial charge in [-0.2, -0.15) is 0 Å². The molecular weight excluding hydrogens is 504 g/mol. The quantitative estimate of drug-likeness (QED) is 0.140. The highest BCUT2D eigenvalue weighted by atomic mass is 14.1. The fourth-order valence-electron chi connectivity index (χ4n) is 5.72. The summed E-state index contributed by atoms with van der Waals surface area (Å²) >= 11 is 0. The smallest absolute Gasteiger partial charge is 0.00928 e. The lowest BCUT2D eigenvalue weighted by Crippen LogP contribution is -1.90. The highest BCUT2D eigenvalue weighted by Gasteiger charge is 2.09. The van der Waals surface area contributed by atoms with Crippen molar-refractivity contribution in [2.24, 2.45) is 0 Å². The molecule has 42 heavy (non-hydrogen) atoms. The van der Waals surface area contributed by atoms with Gasteiger partial charge in [-0.1, -0.05) is 153 Å². The first kappa shape index (κ1) is 27.0. The van der Waals surface area contributed by atoms with Crippen LogP contribution in [0.3, 0.4) is 0 Å². The van der Waals surface area contributed by atoms with Crippen LogP contribution in [0.25, 0.3) is 61.7 Å². The fraction of sp³-hybridized carbons (Fsp3) is 0.0476. The SMILES string of the molecule is C=C/C=C\c1ccc(/C=C\C(=C)/C=C/c2ccc(-c3ccc4c5ccccc5c5ccccc5c4c3)cc2)c(C)c1C. The van der Waals surface area contributed by atoms with Gasteiger partial charge in [-0.15, -0.1) is 0 Å². The minimum atomic E-state index is 0.959. The molecular formula is C42H34. The van der Waals surface area contributed by atoms with Gasteiger partial charge in [-0.3, -0.25) is 0 Å². The number of hydrogen-bond donors (Lipinski definition) is 0. The normalized spacial score (nSPS) is 12.0. The van der Waals surface area contributed by atoms with E-state index in [4.69, 9.17) is 0 Å². The van der Waals surface area contributed by atoms with E-state index in [9.17, 15) is 0 Å². The summed E-state index contributed by atoms with van der Waals surface area (Å²) in [5.41, 5.74) is 9.53. The molecule has 0 N–H and O–H groups in total. The van der Waals surface area contributed by atoms with Crippen LogP contribution < -0.4 is 0 Å². The molecule has 0 amide bonds. The van der Waals surface area contributed by atoms with Crippen LogP contribution in [-0.2, 0) is 0 Å².